The van der Waals surface area contributed by atoms with E-state index in [1.807, 2.05) is 26.0 Å². The molecular weight excluding hydrogens is 270 g/mol. The molecule has 2 N–H and O–H groups in total. The molecule has 0 spiro atoms. The summed E-state index contributed by atoms with van der Waals surface area (Å²) in [6.07, 6.45) is -0.602. The average Bonchev–Trinajstić information content (AvgIpc) is 2.83. The molecule has 1 atom stereocenters. The molecule has 2 rings (SSSR count). The molecule has 1 unspecified atom stereocenters. The minimum Gasteiger partial charge on any atom is -0.491 e. The third kappa shape index (κ3) is 4.84. The Kier molecular flexibility index (Phi) is 5.30. The van der Waals surface area contributed by atoms with Gasteiger partial charge in [-0.15, -0.1) is 0 Å². The molecule has 0 saturated heterocycles. The topological polar surface area (TPSA) is 80.4 Å². The van der Waals surface area contributed by atoms with Crippen molar-refractivity contribution in [3.63, 3.8) is 0 Å². The predicted molar refractivity (Wildman–Crippen MR) is 78.2 cm³/mol. The number of ether oxygens (including phenoxy) is 1. The Morgan fingerprint density at radius 2 is 2.14 bits per heavy atom. The highest BCUT2D eigenvalue weighted by Crippen LogP contribution is 2.18. The van der Waals surface area contributed by atoms with Crippen molar-refractivity contribution in [3.8, 4) is 5.75 Å². The Labute approximate surface area is 124 Å². The molecule has 0 aliphatic heterocycles. The summed E-state index contributed by atoms with van der Waals surface area (Å²) in [7, 11) is 0. The van der Waals surface area contributed by atoms with Crippen molar-refractivity contribution in [1.82, 2.24) is 15.5 Å². The van der Waals surface area contributed by atoms with Crippen molar-refractivity contribution in [2.75, 3.05) is 13.2 Å². The van der Waals surface area contributed by atoms with Gasteiger partial charge in [-0.25, -0.2) is 0 Å². The van der Waals surface area contributed by atoms with E-state index in [9.17, 15) is 5.11 Å². The van der Waals surface area contributed by atoms with E-state index in [1.165, 1.54) is 5.56 Å². The van der Waals surface area contributed by atoms with Crippen LogP contribution in [-0.2, 0) is 6.54 Å². The Morgan fingerprint density at radius 3 is 2.81 bits per heavy atom. The summed E-state index contributed by atoms with van der Waals surface area (Å²) in [4.78, 5) is 4.07. The second kappa shape index (κ2) is 7.19. The van der Waals surface area contributed by atoms with Crippen molar-refractivity contribution in [1.29, 1.82) is 0 Å². The second-order valence-corrected chi connectivity index (χ2v) is 5.10. The Balaban J connectivity index is 1.70. The first-order valence-electron chi connectivity index (χ1n) is 6.92. The maximum atomic E-state index is 9.89. The summed E-state index contributed by atoms with van der Waals surface area (Å²) in [6.45, 7) is 6.85. The Bertz CT molecular complexity index is 583. The number of aromatic nitrogens is 2. The van der Waals surface area contributed by atoms with Gasteiger partial charge in [-0.05, 0) is 32.4 Å². The highest BCUT2D eigenvalue weighted by atomic mass is 16.5. The van der Waals surface area contributed by atoms with E-state index in [4.69, 9.17) is 9.26 Å². The molecule has 21 heavy (non-hydrogen) atoms. The van der Waals surface area contributed by atoms with Crippen molar-refractivity contribution in [2.24, 2.45) is 0 Å². The van der Waals surface area contributed by atoms with E-state index >= 15 is 0 Å². The van der Waals surface area contributed by atoms with Crippen molar-refractivity contribution in [2.45, 2.75) is 33.4 Å². The fourth-order valence-electron chi connectivity index (χ4n) is 1.96. The van der Waals surface area contributed by atoms with Crippen LogP contribution >= 0.6 is 0 Å². The van der Waals surface area contributed by atoms with Crippen LogP contribution in [0.1, 0.15) is 22.8 Å². The fourth-order valence-corrected chi connectivity index (χ4v) is 1.96. The van der Waals surface area contributed by atoms with Gasteiger partial charge in [0.25, 0.3) is 0 Å². The number of aliphatic hydroxyl groups excluding tert-OH is 1. The summed E-state index contributed by atoms with van der Waals surface area (Å²) in [6, 6.07) is 5.97. The van der Waals surface area contributed by atoms with Crippen LogP contribution in [-0.4, -0.2) is 34.5 Å². The summed E-state index contributed by atoms with van der Waals surface area (Å²) in [5.41, 5.74) is 2.26. The van der Waals surface area contributed by atoms with Crippen LogP contribution in [0.25, 0.3) is 0 Å². The van der Waals surface area contributed by atoms with Crippen LogP contribution in [0, 0.1) is 20.8 Å². The van der Waals surface area contributed by atoms with Gasteiger partial charge < -0.3 is 19.7 Å². The summed E-state index contributed by atoms with van der Waals surface area (Å²) in [5.74, 6) is 1.91. The van der Waals surface area contributed by atoms with Crippen molar-refractivity contribution in [3.05, 3.63) is 41.0 Å². The maximum absolute atomic E-state index is 9.89. The quantitative estimate of drug-likeness (QED) is 0.805. The molecule has 0 radical (unpaired) electrons. The zero-order valence-electron chi connectivity index (χ0n) is 12.6. The van der Waals surface area contributed by atoms with Crippen LogP contribution in [0.2, 0.25) is 0 Å². The minimum absolute atomic E-state index is 0.236. The fraction of sp³-hybridized carbons (Fsp3) is 0.467. The van der Waals surface area contributed by atoms with Crippen LogP contribution in [0.4, 0.5) is 0 Å². The van der Waals surface area contributed by atoms with E-state index in [2.05, 4.69) is 21.5 Å². The van der Waals surface area contributed by atoms with E-state index in [1.54, 1.807) is 6.92 Å². The SMILES string of the molecule is Cc1ccc(OCC(O)CNCc2nc(C)no2)c(C)c1. The van der Waals surface area contributed by atoms with Gasteiger partial charge in [0.15, 0.2) is 5.82 Å². The summed E-state index contributed by atoms with van der Waals surface area (Å²) >= 11 is 0. The molecule has 6 heteroatoms. The van der Waals surface area contributed by atoms with Crippen molar-refractivity contribution >= 4 is 0 Å². The van der Waals surface area contributed by atoms with Gasteiger partial charge in [-0.1, -0.05) is 22.9 Å². The zero-order valence-corrected chi connectivity index (χ0v) is 12.6. The molecule has 0 aliphatic carbocycles. The highest BCUT2D eigenvalue weighted by molar-refractivity contribution is 5.35. The largest absolute Gasteiger partial charge is 0.491 e. The number of aliphatic hydroxyl groups is 1. The lowest BCUT2D eigenvalue weighted by Crippen LogP contribution is -2.31. The normalized spacial score (nSPS) is 12.4. The van der Waals surface area contributed by atoms with Crippen LogP contribution < -0.4 is 10.1 Å². The first-order valence-corrected chi connectivity index (χ1v) is 6.92. The molecule has 0 fully saturated rings. The molecule has 0 amide bonds. The first-order chi connectivity index (χ1) is 10.0. The first kappa shape index (κ1) is 15.5. The lowest BCUT2D eigenvalue weighted by atomic mass is 10.1. The molecule has 2 aromatic rings. The van der Waals surface area contributed by atoms with E-state index in [-0.39, 0.29) is 6.61 Å². The molecular formula is C15H21N3O3. The lowest BCUT2D eigenvalue weighted by Gasteiger charge is -2.14. The standard InChI is InChI=1S/C15H21N3O3/c1-10-4-5-14(11(2)6-10)20-9-13(19)7-16-8-15-17-12(3)18-21-15/h4-6,13,16,19H,7-9H2,1-3H3. The van der Waals surface area contributed by atoms with Gasteiger partial charge in [0.1, 0.15) is 18.5 Å². The van der Waals surface area contributed by atoms with Gasteiger partial charge in [0.05, 0.1) is 6.54 Å². The van der Waals surface area contributed by atoms with Crippen LogP contribution in [0.5, 0.6) is 5.75 Å². The molecule has 114 valence electrons. The minimum atomic E-state index is -0.602. The summed E-state index contributed by atoms with van der Waals surface area (Å²) < 4.78 is 10.6. The number of benzene rings is 1. The number of rotatable bonds is 7. The molecule has 6 nitrogen and oxygen atoms in total. The van der Waals surface area contributed by atoms with E-state index in [0.29, 0.717) is 24.8 Å². The average molecular weight is 291 g/mol. The van der Waals surface area contributed by atoms with E-state index < -0.39 is 6.10 Å². The van der Waals surface area contributed by atoms with Crippen molar-refractivity contribution < 1.29 is 14.4 Å². The number of nitrogens with one attached hydrogen (secondary N) is 1. The Morgan fingerprint density at radius 1 is 1.33 bits per heavy atom. The molecule has 0 bridgehead atoms. The molecule has 1 heterocycles. The number of aryl methyl sites for hydroxylation is 3. The lowest BCUT2D eigenvalue weighted by molar-refractivity contribution is 0.105. The van der Waals surface area contributed by atoms with Crippen LogP contribution in [0.3, 0.4) is 0 Å². The molecule has 0 saturated carbocycles. The highest BCUT2D eigenvalue weighted by Gasteiger charge is 2.08. The number of hydrogen-bond donors (Lipinski definition) is 2. The maximum Gasteiger partial charge on any atom is 0.240 e. The number of nitrogens with zero attached hydrogens (tertiary/aromatic N) is 2. The predicted octanol–water partition coefficient (Wildman–Crippen LogP) is 1.52. The van der Waals surface area contributed by atoms with Gasteiger partial charge in [-0.3, -0.25) is 0 Å². The van der Waals surface area contributed by atoms with Gasteiger partial charge in [0.2, 0.25) is 5.89 Å². The van der Waals surface area contributed by atoms with Gasteiger partial charge >= 0.3 is 0 Å². The van der Waals surface area contributed by atoms with Crippen LogP contribution in [0.15, 0.2) is 22.7 Å². The third-order valence-corrected chi connectivity index (χ3v) is 2.99. The smallest absolute Gasteiger partial charge is 0.240 e. The molecule has 1 aromatic heterocycles. The summed E-state index contributed by atoms with van der Waals surface area (Å²) in [5, 5.41) is 16.6. The van der Waals surface area contributed by atoms with Gasteiger partial charge in [-0.2, -0.15) is 4.98 Å². The van der Waals surface area contributed by atoms with Gasteiger partial charge in [0, 0.05) is 6.54 Å². The zero-order chi connectivity index (χ0) is 15.2. The Hall–Kier alpha value is -1.92. The molecule has 1 aromatic carbocycles. The second-order valence-electron chi connectivity index (χ2n) is 5.10. The van der Waals surface area contributed by atoms with E-state index in [0.717, 1.165) is 11.3 Å². The molecule has 0 aliphatic rings. The monoisotopic (exact) mass is 291 g/mol. The number of hydrogen-bond acceptors (Lipinski definition) is 6. The third-order valence-electron chi connectivity index (χ3n) is 2.99.